The molecule has 0 saturated carbocycles. The minimum Gasteiger partial charge on any atom is -0.504 e. The van der Waals surface area contributed by atoms with Crippen molar-refractivity contribution in [3.63, 3.8) is 0 Å². The Labute approximate surface area is 184 Å². The number of benzene rings is 1. The van der Waals surface area contributed by atoms with Crippen LogP contribution in [0.5, 0.6) is 5.75 Å². The Kier molecular flexibility index (Phi) is 6.92. The number of rotatable bonds is 6. The maximum atomic E-state index is 14.0. The molecule has 3 heterocycles. The van der Waals surface area contributed by atoms with E-state index < -0.39 is 0 Å². The fourth-order valence-corrected chi connectivity index (χ4v) is 5.01. The Morgan fingerprint density at radius 1 is 1.16 bits per heavy atom. The van der Waals surface area contributed by atoms with Crippen LogP contribution >= 0.6 is 0 Å². The van der Waals surface area contributed by atoms with E-state index in [-0.39, 0.29) is 11.6 Å². The molecule has 6 nitrogen and oxygen atoms in total. The predicted octanol–water partition coefficient (Wildman–Crippen LogP) is 3.53. The molecule has 0 radical (unpaired) electrons. The summed E-state index contributed by atoms with van der Waals surface area (Å²) in [6.07, 6.45) is 5.08. The van der Waals surface area contributed by atoms with Gasteiger partial charge in [0.2, 0.25) is 0 Å². The van der Waals surface area contributed by atoms with Crippen LogP contribution in [0.4, 0.5) is 15.9 Å². The highest BCUT2D eigenvalue weighted by Crippen LogP contribution is 2.31. The van der Waals surface area contributed by atoms with Crippen LogP contribution in [0.2, 0.25) is 0 Å². The van der Waals surface area contributed by atoms with Crippen LogP contribution in [0, 0.1) is 5.82 Å². The SMILES string of the molecule is CCC1CN(c2ncc(NC)cc2O)CCN1C1CCN(Cc2ccccc2F)CC1. The third kappa shape index (κ3) is 4.93. The smallest absolute Gasteiger partial charge is 0.171 e. The maximum Gasteiger partial charge on any atom is 0.171 e. The van der Waals surface area contributed by atoms with E-state index >= 15 is 0 Å². The summed E-state index contributed by atoms with van der Waals surface area (Å²) in [7, 11) is 1.82. The highest BCUT2D eigenvalue weighted by atomic mass is 19.1. The van der Waals surface area contributed by atoms with E-state index in [1.165, 1.54) is 0 Å². The number of hydrogen-bond acceptors (Lipinski definition) is 6. The second-order valence-electron chi connectivity index (χ2n) is 8.66. The largest absolute Gasteiger partial charge is 0.504 e. The highest BCUT2D eigenvalue weighted by molar-refractivity contribution is 5.58. The summed E-state index contributed by atoms with van der Waals surface area (Å²) in [5.74, 6) is 0.805. The molecule has 2 fully saturated rings. The molecule has 4 rings (SSSR count). The van der Waals surface area contributed by atoms with Gasteiger partial charge in [0, 0.05) is 56.9 Å². The number of piperidine rings is 1. The molecule has 2 aliphatic heterocycles. The summed E-state index contributed by atoms with van der Waals surface area (Å²) >= 11 is 0. The van der Waals surface area contributed by atoms with Crippen molar-refractivity contribution in [3.05, 3.63) is 47.9 Å². The van der Waals surface area contributed by atoms with Crippen LogP contribution < -0.4 is 10.2 Å². The number of aromatic hydroxyl groups is 1. The number of aromatic nitrogens is 1. The molecule has 2 N–H and O–H groups in total. The Bertz CT molecular complexity index is 871. The zero-order chi connectivity index (χ0) is 21.8. The second-order valence-corrected chi connectivity index (χ2v) is 8.66. The summed E-state index contributed by atoms with van der Waals surface area (Å²) in [6, 6.07) is 9.85. The zero-order valence-electron chi connectivity index (χ0n) is 18.6. The molecule has 1 aromatic heterocycles. The molecular formula is C24H34FN5O. The van der Waals surface area contributed by atoms with Crippen LogP contribution in [0.25, 0.3) is 0 Å². The van der Waals surface area contributed by atoms with Gasteiger partial charge in [-0.25, -0.2) is 9.37 Å². The Balaban J connectivity index is 1.34. The summed E-state index contributed by atoms with van der Waals surface area (Å²) in [4.78, 5) is 11.7. The monoisotopic (exact) mass is 427 g/mol. The van der Waals surface area contributed by atoms with Crippen molar-refractivity contribution in [3.8, 4) is 5.75 Å². The van der Waals surface area contributed by atoms with E-state index in [4.69, 9.17) is 0 Å². The van der Waals surface area contributed by atoms with Crippen molar-refractivity contribution in [2.75, 3.05) is 50.0 Å². The first kappa shape index (κ1) is 21.8. The van der Waals surface area contributed by atoms with Gasteiger partial charge in [0.05, 0.1) is 11.9 Å². The Morgan fingerprint density at radius 2 is 1.94 bits per heavy atom. The van der Waals surface area contributed by atoms with Gasteiger partial charge in [-0.2, -0.15) is 0 Å². The molecule has 168 valence electrons. The van der Waals surface area contributed by atoms with Crippen LogP contribution in [0.1, 0.15) is 31.7 Å². The van der Waals surface area contributed by atoms with Gasteiger partial charge in [-0.15, -0.1) is 0 Å². The molecule has 0 aliphatic carbocycles. The zero-order valence-corrected chi connectivity index (χ0v) is 18.6. The van der Waals surface area contributed by atoms with Crippen LogP contribution in [0.3, 0.4) is 0 Å². The third-order valence-corrected chi connectivity index (χ3v) is 6.81. The maximum absolute atomic E-state index is 14.0. The molecule has 0 amide bonds. The number of piperazine rings is 1. The molecular weight excluding hydrogens is 393 g/mol. The van der Waals surface area contributed by atoms with Crippen molar-refractivity contribution in [2.45, 2.75) is 44.8 Å². The third-order valence-electron chi connectivity index (χ3n) is 6.81. The lowest BCUT2D eigenvalue weighted by atomic mass is 9.97. The van der Waals surface area contributed by atoms with Gasteiger partial charge in [0.25, 0.3) is 0 Å². The molecule has 1 atom stereocenters. The fourth-order valence-electron chi connectivity index (χ4n) is 5.01. The Hall–Kier alpha value is -2.38. The normalized spacial score (nSPS) is 21.4. The van der Waals surface area contributed by atoms with Crippen molar-refractivity contribution in [2.24, 2.45) is 0 Å². The first-order chi connectivity index (χ1) is 15.1. The number of nitrogens with zero attached hydrogens (tertiary/aromatic N) is 4. The van der Waals surface area contributed by atoms with Gasteiger partial charge >= 0.3 is 0 Å². The molecule has 2 aliphatic rings. The summed E-state index contributed by atoms with van der Waals surface area (Å²) in [5, 5.41) is 13.4. The van der Waals surface area contributed by atoms with E-state index in [0.29, 0.717) is 24.4 Å². The average Bonchev–Trinajstić information content (AvgIpc) is 2.80. The molecule has 0 spiro atoms. The van der Waals surface area contributed by atoms with Gasteiger partial charge < -0.3 is 15.3 Å². The van der Waals surface area contributed by atoms with Gasteiger partial charge in [-0.05, 0) is 38.4 Å². The van der Waals surface area contributed by atoms with Crippen LogP contribution in [-0.2, 0) is 6.54 Å². The summed E-state index contributed by atoms with van der Waals surface area (Å²) in [6.45, 7) is 7.67. The molecule has 1 unspecified atom stereocenters. The van der Waals surface area contributed by atoms with Crippen LogP contribution in [0.15, 0.2) is 36.5 Å². The standard InChI is InChI=1S/C24H34FN5O/c1-3-20-17-29(24-23(31)14-19(26-2)15-27-24)12-13-30(20)21-8-10-28(11-9-21)16-18-6-4-5-7-22(18)25/h4-7,14-15,20-21,26,31H,3,8-13,16-17H2,1-2H3. The number of pyridine rings is 1. The molecule has 31 heavy (non-hydrogen) atoms. The lowest BCUT2D eigenvalue weighted by Crippen LogP contribution is -2.58. The minimum absolute atomic E-state index is 0.105. The van der Waals surface area contributed by atoms with E-state index in [9.17, 15) is 9.50 Å². The van der Waals surface area contributed by atoms with E-state index in [2.05, 4.69) is 31.9 Å². The molecule has 7 heteroatoms. The van der Waals surface area contributed by atoms with Crippen molar-refractivity contribution in [1.29, 1.82) is 0 Å². The van der Waals surface area contributed by atoms with Crippen molar-refractivity contribution < 1.29 is 9.50 Å². The van der Waals surface area contributed by atoms with Gasteiger partial charge in [-0.1, -0.05) is 25.1 Å². The average molecular weight is 428 g/mol. The van der Waals surface area contributed by atoms with Gasteiger partial charge in [0.15, 0.2) is 11.6 Å². The predicted molar refractivity (Wildman–Crippen MR) is 123 cm³/mol. The topological polar surface area (TPSA) is 54.9 Å². The second kappa shape index (κ2) is 9.83. The van der Waals surface area contributed by atoms with Gasteiger partial charge in [0.1, 0.15) is 5.82 Å². The van der Waals surface area contributed by atoms with E-state index in [1.807, 2.05) is 19.2 Å². The van der Waals surface area contributed by atoms with Crippen LogP contribution in [-0.4, -0.2) is 71.7 Å². The van der Waals surface area contributed by atoms with Gasteiger partial charge in [-0.3, -0.25) is 9.80 Å². The summed E-state index contributed by atoms with van der Waals surface area (Å²) in [5.41, 5.74) is 1.60. The highest BCUT2D eigenvalue weighted by Gasteiger charge is 2.34. The summed E-state index contributed by atoms with van der Waals surface area (Å²) < 4.78 is 14.0. The van der Waals surface area contributed by atoms with Crippen molar-refractivity contribution >= 4 is 11.5 Å². The number of halogens is 1. The molecule has 2 saturated heterocycles. The fraction of sp³-hybridized carbons (Fsp3) is 0.542. The quantitative estimate of drug-likeness (QED) is 0.736. The van der Waals surface area contributed by atoms with E-state index in [1.54, 1.807) is 24.4 Å². The lowest BCUT2D eigenvalue weighted by molar-refractivity contribution is 0.0606. The Morgan fingerprint density at radius 3 is 2.61 bits per heavy atom. The number of hydrogen-bond donors (Lipinski definition) is 2. The first-order valence-corrected chi connectivity index (χ1v) is 11.4. The molecule has 0 bridgehead atoms. The molecule has 2 aromatic rings. The number of likely N-dealkylation sites (tertiary alicyclic amines) is 1. The number of nitrogens with one attached hydrogen (secondary N) is 1. The first-order valence-electron chi connectivity index (χ1n) is 11.4. The van der Waals surface area contributed by atoms with E-state index in [0.717, 1.165) is 63.2 Å². The minimum atomic E-state index is -0.105. The lowest BCUT2D eigenvalue weighted by Gasteiger charge is -2.47. The molecule has 1 aromatic carbocycles. The number of anilines is 2. The van der Waals surface area contributed by atoms with Crippen molar-refractivity contribution in [1.82, 2.24) is 14.8 Å².